The molecule has 1 heterocycles. The van der Waals surface area contributed by atoms with Gasteiger partial charge in [-0.05, 0) is 19.4 Å². The molecule has 0 spiro atoms. The Balaban J connectivity index is 2.64. The van der Waals surface area contributed by atoms with Crippen molar-refractivity contribution in [3.05, 3.63) is 0 Å². The molecular weight excluding hydrogens is 278 g/mol. The zero-order valence-corrected chi connectivity index (χ0v) is 12.5. The summed E-state index contributed by atoms with van der Waals surface area (Å²) in [6, 6.07) is -0.528. The highest BCUT2D eigenvalue weighted by Gasteiger charge is 2.29. The molecule has 0 bridgehead atoms. The van der Waals surface area contributed by atoms with Gasteiger partial charge in [0.05, 0.1) is 0 Å². The van der Waals surface area contributed by atoms with Crippen LogP contribution in [0.5, 0.6) is 0 Å². The van der Waals surface area contributed by atoms with Gasteiger partial charge in [0.15, 0.2) is 0 Å². The van der Waals surface area contributed by atoms with E-state index in [-0.39, 0.29) is 6.04 Å². The van der Waals surface area contributed by atoms with E-state index in [1.807, 2.05) is 0 Å². The Morgan fingerprint density at radius 2 is 1.57 bits per heavy atom. The van der Waals surface area contributed by atoms with E-state index in [1.165, 1.54) is 4.90 Å². The van der Waals surface area contributed by atoms with Gasteiger partial charge in [-0.1, -0.05) is 6.92 Å². The summed E-state index contributed by atoms with van der Waals surface area (Å²) in [4.78, 5) is 38.4. The number of nitrogens with zero attached hydrogens (tertiary/aromatic N) is 3. The number of piperidine rings is 1. The third-order valence-corrected chi connectivity index (χ3v) is 3.78. The quantitative estimate of drug-likeness (QED) is 0.716. The molecule has 8 nitrogen and oxygen atoms in total. The van der Waals surface area contributed by atoms with E-state index in [1.54, 1.807) is 7.05 Å². The third-order valence-electron chi connectivity index (χ3n) is 3.78. The number of urea groups is 1. The molecule has 0 atom stereocenters. The minimum absolute atomic E-state index is 0.0189. The summed E-state index contributed by atoms with van der Waals surface area (Å²) in [6.07, 6.45) is 1.62. The first-order valence-corrected chi connectivity index (χ1v) is 7.02. The van der Waals surface area contributed by atoms with E-state index in [0.29, 0.717) is 0 Å². The van der Waals surface area contributed by atoms with Crippen LogP contribution in [0, 0.1) is 0 Å². The summed E-state index contributed by atoms with van der Waals surface area (Å²) in [7, 11) is 1.60. The molecule has 1 aliphatic rings. The number of rotatable bonds is 6. The van der Waals surface area contributed by atoms with Gasteiger partial charge in [0.2, 0.25) is 0 Å². The number of carboxylic acids is 2. The van der Waals surface area contributed by atoms with Crippen molar-refractivity contribution in [1.82, 2.24) is 14.7 Å². The number of carboxylic acid groups (broad SMARTS) is 2. The molecule has 2 N–H and O–H groups in total. The maximum absolute atomic E-state index is 12.3. The molecule has 0 radical (unpaired) electrons. The van der Waals surface area contributed by atoms with Crippen LogP contribution in [0.15, 0.2) is 0 Å². The van der Waals surface area contributed by atoms with Crippen LogP contribution in [0.4, 0.5) is 4.79 Å². The molecule has 21 heavy (non-hydrogen) atoms. The van der Waals surface area contributed by atoms with E-state index in [0.717, 1.165) is 37.4 Å². The molecule has 0 aliphatic carbocycles. The van der Waals surface area contributed by atoms with Crippen LogP contribution >= 0.6 is 0 Å². The molecule has 1 rings (SSSR count). The molecule has 0 aromatic rings. The van der Waals surface area contributed by atoms with Crippen LogP contribution in [0.1, 0.15) is 19.8 Å². The Bertz CT molecular complexity index is 377. The van der Waals surface area contributed by atoms with E-state index in [9.17, 15) is 14.4 Å². The number of amides is 2. The monoisotopic (exact) mass is 301 g/mol. The van der Waals surface area contributed by atoms with Gasteiger partial charge < -0.3 is 24.9 Å². The fraction of sp³-hybridized carbons (Fsp3) is 0.769. The molecule has 2 amide bonds. The lowest BCUT2D eigenvalue weighted by atomic mass is 10.0. The molecule has 8 heteroatoms. The first-order valence-electron chi connectivity index (χ1n) is 7.02. The van der Waals surface area contributed by atoms with Gasteiger partial charge in [0.25, 0.3) is 0 Å². The van der Waals surface area contributed by atoms with E-state index in [2.05, 4.69) is 11.8 Å². The summed E-state index contributed by atoms with van der Waals surface area (Å²) in [5, 5.41) is 17.6. The second-order valence-corrected chi connectivity index (χ2v) is 5.20. The van der Waals surface area contributed by atoms with Crippen LogP contribution in [-0.2, 0) is 9.59 Å². The van der Waals surface area contributed by atoms with Crippen LogP contribution in [0.3, 0.4) is 0 Å². The second kappa shape index (κ2) is 7.82. The smallest absolute Gasteiger partial charge is 0.323 e. The van der Waals surface area contributed by atoms with Gasteiger partial charge in [-0.3, -0.25) is 9.59 Å². The molecule has 0 unspecified atom stereocenters. The fourth-order valence-electron chi connectivity index (χ4n) is 2.52. The third kappa shape index (κ3) is 5.22. The first-order chi connectivity index (χ1) is 9.85. The molecule has 0 aromatic carbocycles. The van der Waals surface area contributed by atoms with Gasteiger partial charge in [0.1, 0.15) is 13.1 Å². The molecule has 0 aromatic heterocycles. The molecular formula is C13H23N3O5. The standard InChI is InChI=1S/C13H23N3O5/c1-3-15-6-4-10(5-7-15)14(2)13(21)16(8-11(17)18)9-12(19)20/h10H,3-9H2,1-2H3,(H,17,18)(H,19,20). The number of hydrogen-bond donors (Lipinski definition) is 2. The predicted octanol–water partition coefficient (Wildman–Crippen LogP) is -0.00630. The maximum atomic E-state index is 12.3. The molecule has 120 valence electrons. The lowest BCUT2D eigenvalue weighted by Gasteiger charge is -2.38. The summed E-state index contributed by atoms with van der Waals surface area (Å²) < 4.78 is 0. The van der Waals surface area contributed by atoms with Crippen LogP contribution in [0.2, 0.25) is 0 Å². The van der Waals surface area contributed by atoms with Crippen molar-refractivity contribution < 1.29 is 24.6 Å². The van der Waals surface area contributed by atoms with Gasteiger partial charge in [-0.15, -0.1) is 0 Å². The van der Waals surface area contributed by atoms with Crippen LogP contribution in [0.25, 0.3) is 0 Å². The summed E-state index contributed by atoms with van der Waals surface area (Å²) in [6.45, 7) is 3.60. The molecule has 1 fully saturated rings. The van der Waals surface area contributed by atoms with E-state index < -0.39 is 31.1 Å². The molecule has 1 saturated heterocycles. The average molecular weight is 301 g/mol. The van der Waals surface area contributed by atoms with Crippen molar-refractivity contribution in [2.24, 2.45) is 0 Å². The minimum atomic E-state index is -1.22. The van der Waals surface area contributed by atoms with Gasteiger partial charge in [-0.25, -0.2) is 4.79 Å². The zero-order chi connectivity index (χ0) is 16.0. The predicted molar refractivity (Wildman–Crippen MR) is 75.1 cm³/mol. The van der Waals surface area contributed by atoms with Crippen molar-refractivity contribution >= 4 is 18.0 Å². The molecule has 1 aliphatic heterocycles. The highest BCUT2D eigenvalue weighted by atomic mass is 16.4. The highest BCUT2D eigenvalue weighted by Crippen LogP contribution is 2.16. The van der Waals surface area contributed by atoms with Crippen LogP contribution < -0.4 is 0 Å². The largest absolute Gasteiger partial charge is 0.480 e. The highest BCUT2D eigenvalue weighted by molar-refractivity contribution is 5.84. The lowest BCUT2D eigenvalue weighted by molar-refractivity contribution is -0.140. The number of carbonyl (C=O) groups is 3. The van der Waals surface area contributed by atoms with Gasteiger partial charge in [0, 0.05) is 26.2 Å². The minimum Gasteiger partial charge on any atom is -0.480 e. The summed E-state index contributed by atoms with van der Waals surface area (Å²) >= 11 is 0. The number of likely N-dealkylation sites (tertiary alicyclic amines) is 1. The number of aliphatic carboxylic acids is 2. The Kier molecular flexibility index (Phi) is 6.41. The van der Waals surface area contributed by atoms with E-state index in [4.69, 9.17) is 10.2 Å². The Morgan fingerprint density at radius 1 is 1.10 bits per heavy atom. The summed E-state index contributed by atoms with van der Waals surface area (Å²) in [5.41, 5.74) is 0. The van der Waals surface area contributed by atoms with Gasteiger partial charge >= 0.3 is 18.0 Å². The maximum Gasteiger partial charge on any atom is 0.323 e. The van der Waals surface area contributed by atoms with Crippen LogP contribution in [-0.4, -0.2) is 88.7 Å². The zero-order valence-electron chi connectivity index (χ0n) is 12.5. The van der Waals surface area contributed by atoms with Gasteiger partial charge in [-0.2, -0.15) is 0 Å². The van der Waals surface area contributed by atoms with Crippen molar-refractivity contribution in [3.63, 3.8) is 0 Å². The van der Waals surface area contributed by atoms with Crippen molar-refractivity contribution in [1.29, 1.82) is 0 Å². The van der Waals surface area contributed by atoms with Crippen molar-refractivity contribution in [2.75, 3.05) is 39.8 Å². The topological polar surface area (TPSA) is 101 Å². The normalized spacial score (nSPS) is 16.5. The first kappa shape index (κ1) is 17.2. The van der Waals surface area contributed by atoms with Crippen molar-refractivity contribution in [3.8, 4) is 0 Å². The Labute approximate surface area is 123 Å². The number of hydrogen-bond acceptors (Lipinski definition) is 4. The lowest BCUT2D eigenvalue weighted by Crippen LogP contribution is -2.52. The Morgan fingerprint density at radius 3 is 1.95 bits per heavy atom. The fourth-order valence-corrected chi connectivity index (χ4v) is 2.52. The number of carbonyl (C=O) groups excluding carboxylic acids is 1. The van der Waals surface area contributed by atoms with E-state index >= 15 is 0 Å². The molecule has 0 saturated carbocycles. The SMILES string of the molecule is CCN1CCC(N(C)C(=O)N(CC(=O)O)CC(=O)O)CC1. The average Bonchev–Trinajstić information content (AvgIpc) is 2.44. The summed E-state index contributed by atoms with van der Waals surface area (Å²) in [5.74, 6) is -2.45. The van der Waals surface area contributed by atoms with Crippen molar-refractivity contribution in [2.45, 2.75) is 25.8 Å². The second-order valence-electron chi connectivity index (χ2n) is 5.20. The Hall–Kier alpha value is -1.83.